The van der Waals surface area contributed by atoms with Crippen molar-refractivity contribution in [3.63, 3.8) is 0 Å². The number of nitrogens with one attached hydrogen (secondary N) is 1. The second-order valence-corrected chi connectivity index (χ2v) is 6.32. The van der Waals surface area contributed by atoms with Crippen molar-refractivity contribution in [2.45, 2.75) is 30.9 Å². The molecule has 2 N–H and O–H groups in total. The van der Waals surface area contributed by atoms with Crippen molar-refractivity contribution < 1.29 is 14.3 Å². The third kappa shape index (κ3) is 3.54. The molecule has 0 aliphatic heterocycles. The van der Waals surface area contributed by atoms with Crippen molar-refractivity contribution in [2.24, 2.45) is 0 Å². The zero-order chi connectivity index (χ0) is 16.4. The number of aliphatic hydroxyl groups excluding tert-OH is 1. The van der Waals surface area contributed by atoms with E-state index in [1.54, 1.807) is 42.5 Å². The SMILES string of the molecule is O=C(CC(O)c1ccc(Cl)cc1)NC1(c2ccccc2F)CC1. The zero-order valence-corrected chi connectivity index (χ0v) is 13.2. The van der Waals surface area contributed by atoms with Crippen molar-refractivity contribution in [2.75, 3.05) is 0 Å². The Morgan fingerprint density at radius 2 is 1.87 bits per heavy atom. The van der Waals surface area contributed by atoms with Gasteiger partial charge in [-0.1, -0.05) is 41.9 Å². The van der Waals surface area contributed by atoms with Gasteiger partial charge in [-0.05, 0) is 36.6 Å². The molecule has 0 aromatic heterocycles. The smallest absolute Gasteiger partial charge is 0.223 e. The van der Waals surface area contributed by atoms with Gasteiger partial charge < -0.3 is 10.4 Å². The molecule has 0 radical (unpaired) electrons. The highest BCUT2D eigenvalue weighted by molar-refractivity contribution is 6.30. The predicted molar refractivity (Wildman–Crippen MR) is 86.5 cm³/mol. The Hall–Kier alpha value is -1.91. The highest BCUT2D eigenvalue weighted by Gasteiger charge is 2.47. The van der Waals surface area contributed by atoms with Crippen molar-refractivity contribution in [3.8, 4) is 0 Å². The summed E-state index contributed by atoms with van der Waals surface area (Å²) >= 11 is 5.80. The largest absolute Gasteiger partial charge is 0.388 e. The number of benzene rings is 2. The molecule has 1 aliphatic rings. The van der Waals surface area contributed by atoms with Crippen LogP contribution in [0.2, 0.25) is 5.02 Å². The van der Waals surface area contributed by atoms with E-state index in [4.69, 9.17) is 11.6 Å². The summed E-state index contributed by atoms with van der Waals surface area (Å²) in [7, 11) is 0. The molecular formula is C18H17ClFNO2. The van der Waals surface area contributed by atoms with Gasteiger partial charge in [-0.15, -0.1) is 0 Å². The molecule has 0 heterocycles. The van der Waals surface area contributed by atoms with E-state index in [9.17, 15) is 14.3 Å². The Labute approximate surface area is 139 Å². The van der Waals surface area contributed by atoms with Crippen LogP contribution in [0.3, 0.4) is 0 Å². The van der Waals surface area contributed by atoms with Gasteiger partial charge in [0, 0.05) is 10.6 Å². The number of halogens is 2. The van der Waals surface area contributed by atoms with Crippen LogP contribution in [0.15, 0.2) is 48.5 Å². The maximum absolute atomic E-state index is 13.9. The molecule has 1 fully saturated rings. The lowest BCUT2D eigenvalue weighted by atomic mass is 10.0. The Kier molecular flexibility index (Phi) is 4.37. The molecule has 2 aromatic rings. The molecule has 5 heteroatoms. The molecule has 0 spiro atoms. The summed E-state index contributed by atoms with van der Waals surface area (Å²) in [6.45, 7) is 0. The summed E-state index contributed by atoms with van der Waals surface area (Å²) in [6, 6.07) is 13.2. The number of carbonyl (C=O) groups excluding carboxylic acids is 1. The standard InChI is InChI=1S/C18H17ClFNO2/c19-13-7-5-12(6-8-13)16(22)11-17(23)21-18(9-10-18)14-3-1-2-4-15(14)20/h1-8,16,22H,9-11H2,(H,21,23). The quantitative estimate of drug-likeness (QED) is 0.876. The molecule has 1 saturated carbocycles. The predicted octanol–water partition coefficient (Wildman–Crippen LogP) is 3.71. The number of aliphatic hydroxyl groups is 1. The third-order valence-electron chi connectivity index (χ3n) is 4.15. The Morgan fingerprint density at radius 3 is 2.48 bits per heavy atom. The van der Waals surface area contributed by atoms with Crippen LogP contribution in [0.5, 0.6) is 0 Å². The van der Waals surface area contributed by atoms with Crippen molar-refractivity contribution in [1.82, 2.24) is 5.32 Å². The molecule has 1 aliphatic carbocycles. The molecule has 1 atom stereocenters. The highest BCUT2D eigenvalue weighted by Crippen LogP contribution is 2.46. The zero-order valence-electron chi connectivity index (χ0n) is 12.4. The molecule has 0 bridgehead atoms. The van der Waals surface area contributed by atoms with Crippen LogP contribution in [-0.2, 0) is 10.3 Å². The molecular weight excluding hydrogens is 317 g/mol. The lowest BCUT2D eigenvalue weighted by Crippen LogP contribution is -2.36. The summed E-state index contributed by atoms with van der Waals surface area (Å²) in [5.41, 5.74) is 0.511. The number of carbonyl (C=O) groups is 1. The summed E-state index contributed by atoms with van der Waals surface area (Å²) in [4.78, 5) is 12.2. The summed E-state index contributed by atoms with van der Waals surface area (Å²) < 4.78 is 13.9. The first-order valence-electron chi connectivity index (χ1n) is 7.50. The van der Waals surface area contributed by atoms with Crippen LogP contribution in [0.4, 0.5) is 4.39 Å². The van der Waals surface area contributed by atoms with E-state index in [0.29, 0.717) is 29.0 Å². The monoisotopic (exact) mass is 333 g/mol. The van der Waals surface area contributed by atoms with Crippen molar-refractivity contribution in [3.05, 3.63) is 70.5 Å². The van der Waals surface area contributed by atoms with Crippen LogP contribution in [0.1, 0.15) is 36.5 Å². The Morgan fingerprint density at radius 1 is 1.22 bits per heavy atom. The average Bonchev–Trinajstić information content (AvgIpc) is 3.28. The lowest BCUT2D eigenvalue weighted by Gasteiger charge is -2.20. The summed E-state index contributed by atoms with van der Waals surface area (Å²) in [6.07, 6.45) is 0.425. The first-order chi connectivity index (χ1) is 11.0. The van der Waals surface area contributed by atoms with Gasteiger partial charge in [-0.2, -0.15) is 0 Å². The fourth-order valence-corrected chi connectivity index (χ4v) is 2.86. The molecule has 2 aromatic carbocycles. The van der Waals surface area contributed by atoms with Gasteiger partial charge in [0.15, 0.2) is 0 Å². The van der Waals surface area contributed by atoms with E-state index in [0.717, 1.165) is 0 Å². The summed E-state index contributed by atoms with van der Waals surface area (Å²) in [5, 5.41) is 13.6. The van der Waals surface area contributed by atoms with Gasteiger partial charge in [-0.3, -0.25) is 4.79 Å². The van der Waals surface area contributed by atoms with Gasteiger partial charge in [0.1, 0.15) is 5.82 Å². The van der Waals surface area contributed by atoms with Crippen molar-refractivity contribution in [1.29, 1.82) is 0 Å². The highest BCUT2D eigenvalue weighted by atomic mass is 35.5. The molecule has 120 valence electrons. The van der Waals surface area contributed by atoms with Crippen LogP contribution < -0.4 is 5.32 Å². The molecule has 1 amide bonds. The third-order valence-corrected chi connectivity index (χ3v) is 4.40. The average molecular weight is 334 g/mol. The maximum Gasteiger partial charge on any atom is 0.223 e. The van der Waals surface area contributed by atoms with Crippen LogP contribution in [-0.4, -0.2) is 11.0 Å². The van der Waals surface area contributed by atoms with E-state index in [1.807, 2.05) is 0 Å². The van der Waals surface area contributed by atoms with E-state index in [2.05, 4.69) is 5.32 Å². The second kappa shape index (κ2) is 6.30. The molecule has 1 unspecified atom stereocenters. The van der Waals surface area contributed by atoms with Crippen LogP contribution in [0.25, 0.3) is 0 Å². The Balaban J connectivity index is 1.65. The van der Waals surface area contributed by atoms with E-state index in [1.165, 1.54) is 6.07 Å². The molecule has 3 rings (SSSR count). The summed E-state index contributed by atoms with van der Waals surface area (Å²) in [5.74, 6) is -0.614. The number of hydrogen-bond donors (Lipinski definition) is 2. The van der Waals surface area contributed by atoms with Gasteiger partial charge in [0.2, 0.25) is 5.91 Å². The molecule has 3 nitrogen and oxygen atoms in total. The fourth-order valence-electron chi connectivity index (χ4n) is 2.73. The van der Waals surface area contributed by atoms with E-state index < -0.39 is 11.6 Å². The maximum atomic E-state index is 13.9. The topological polar surface area (TPSA) is 49.3 Å². The minimum Gasteiger partial charge on any atom is -0.388 e. The lowest BCUT2D eigenvalue weighted by molar-refractivity contribution is -0.124. The minimum atomic E-state index is -0.913. The van der Waals surface area contributed by atoms with Crippen LogP contribution in [0, 0.1) is 5.82 Å². The first-order valence-corrected chi connectivity index (χ1v) is 7.87. The minimum absolute atomic E-state index is 0.0716. The van der Waals surface area contributed by atoms with Crippen LogP contribution >= 0.6 is 11.6 Å². The van der Waals surface area contributed by atoms with E-state index >= 15 is 0 Å². The van der Waals surface area contributed by atoms with Gasteiger partial charge >= 0.3 is 0 Å². The number of rotatable bonds is 5. The first kappa shape index (κ1) is 16.0. The fraction of sp³-hybridized carbons (Fsp3) is 0.278. The second-order valence-electron chi connectivity index (χ2n) is 5.88. The van der Waals surface area contributed by atoms with Crippen molar-refractivity contribution >= 4 is 17.5 Å². The number of amides is 1. The van der Waals surface area contributed by atoms with Gasteiger partial charge in [-0.25, -0.2) is 4.39 Å². The normalized spacial score (nSPS) is 16.7. The Bertz CT molecular complexity index is 713. The molecule has 23 heavy (non-hydrogen) atoms. The van der Waals surface area contributed by atoms with Gasteiger partial charge in [0.05, 0.1) is 18.1 Å². The molecule has 0 saturated heterocycles. The van der Waals surface area contributed by atoms with E-state index in [-0.39, 0.29) is 18.1 Å². The number of hydrogen-bond acceptors (Lipinski definition) is 2. The van der Waals surface area contributed by atoms with Gasteiger partial charge in [0.25, 0.3) is 0 Å².